The van der Waals surface area contributed by atoms with Gasteiger partial charge in [-0.15, -0.1) is 0 Å². The van der Waals surface area contributed by atoms with E-state index in [-0.39, 0.29) is 11.4 Å². The predicted molar refractivity (Wildman–Crippen MR) is 82.7 cm³/mol. The minimum Gasteiger partial charge on any atom is -0.354 e. The summed E-state index contributed by atoms with van der Waals surface area (Å²) >= 11 is 0. The number of carbonyl (C=O) groups is 1. The van der Waals surface area contributed by atoms with Gasteiger partial charge in [0.2, 0.25) is 5.91 Å². The lowest BCUT2D eigenvalue weighted by Crippen LogP contribution is -2.66. The Labute approximate surface area is 122 Å². The van der Waals surface area contributed by atoms with Crippen LogP contribution in [0.3, 0.4) is 0 Å². The molecule has 0 spiro atoms. The summed E-state index contributed by atoms with van der Waals surface area (Å²) in [7, 11) is 0. The molecule has 1 aromatic rings. The molecule has 1 amide bonds. The fourth-order valence-electron chi connectivity index (χ4n) is 2.70. The van der Waals surface area contributed by atoms with Crippen molar-refractivity contribution < 1.29 is 4.79 Å². The molecule has 1 atom stereocenters. The first-order chi connectivity index (χ1) is 9.66. The highest BCUT2D eigenvalue weighted by Crippen LogP contribution is 2.30. The zero-order valence-corrected chi connectivity index (χ0v) is 12.7. The van der Waals surface area contributed by atoms with Gasteiger partial charge in [0.15, 0.2) is 0 Å². The second kappa shape index (κ2) is 6.89. The van der Waals surface area contributed by atoms with Gasteiger partial charge in [-0.25, -0.2) is 0 Å². The molecule has 110 valence electrons. The SMILES string of the molecule is CCCCNC(=O)C1(C)CCN1CCc1ccccc1. The molecule has 20 heavy (non-hydrogen) atoms. The van der Waals surface area contributed by atoms with Crippen molar-refractivity contribution in [3.8, 4) is 0 Å². The standard InChI is InChI=1S/C17H26N2O/c1-3-4-12-18-16(20)17(2)11-14-19(17)13-10-15-8-6-5-7-9-15/h5-9H,3-4,10-14H2,1-2H3,(H,18,20). The number of likely N-dealkylation sites (tertiary alicyclic amines) is 1. The summed E-state index contributed by atoms with van der Waals surface area (Å²) in [4.78, 5) is 14.6. The Morgan fingerprint density at radius 3 is 2.70 bits per heavy atom. The summed E-state index contributed by atoms with van der Waals surface area (Å²) < 4.78 is 0. The second-order valence-electron chi connectivity index (χ2n) is 5.86. The predicted octanol–water partition coefficient (Wildman–Crippen LogP) is 2.61. The maximum absolute atomic E-state index is 12.3. The minimum atomic E-state index is -0.289. The van der Waals surface area contributed by atoms with E-state index in [0.717, 1.165) is 45.3 Å². The first-order valence-electron chi connectivity index (χ1n) is 7.74. The largest absolute Gasteiger partial charge is 0.354 e. The number of hydrogen-bond acceptors (Lipinski definition) is 2. The zero-order chi connectivity index (χ0) is 14.4. The van der Waals surface area contributed by atoms with Crippen LogP contribution in [0.15, 0.2) is 30.3 Å². The summed E-state index contributed by atoms with van der Waals surface area (Å²) in [5.74, 6) is 0.199. The summed E-state index contributed by atoms with van der Waals surface area (Å²) in [6.45, 7) is 7.01. The van der Waals surface area contributed by atoms with Crippen molar-refractivity contribution >= 4 is 5.91 Å². The van der Waals surface area contributed by atoms with Crippen LogP contribution in [0.2, 0.25) is 0 Å². The van der Waals surface area contributed by atoms with Crippen molar-refractivity contribution in [2.24, 2.45) is 0 Å². The maximum Gasteiger partial charge on any atom is 0.240 e. The highest BCUT2D eigenvalue weighted by molar-refractivity contribution is 5.86. The third-order valence-electron chi connectivity index (χ3n) is 4.38. The molecular formula is C17H26N2O. The van der Waals surface area contributed by atoms with Crippen molar-refractivity contribution in [1.82, 2.24) is 10.2 Å². The van der Waals surface area contributed by atoms with Crippen LogP contribution in [0.5, 0.6) is 0 Å². The number of hydrogen-bond donors (Lipinski definition) is 1. The Bertz CT molecular complexity index is 432. The summed E-state index contributed by atoms with van der Waals surface area (Å²) in [5.41, 5.74) is 1.05. The quantitative estimate of drug-likeness (QED) is 0.775. The Morgan fingerprint density at radius 2 is 2.10 bits per heavy atom. The van der Waals surface area contributed by atoms with E-state index in [4.69, 9.17) is 0 Å². The second-order valence-corrected chi connectivity index (χ2v) is 5.86. The summed E-state index contributed by atoms with van der Waals surface area (Å²) in [6, 6.07) is 10.5. The molecule has 3 heteroatoms. The molecule has 1 N–H and O–H groups in total. The van der Waals surface area contributed by atoms with Gasteiger partial charge in [-0.2, -0.15) is 0 Å². The van der Waals surface area contributed by atoms with Crippen LogP contribution in [-0.4, -0.2) is 36.0 Å². The Balaban J connectivity index is 1.82. The van der Waals surface area contributed by atoms with Crippen molar-refractivity contribution in [3.05, 3.63) is 35.9 Å². The van der Waals surface area contributed by atoms with E-state index in [9.17, 15) is 4.79 Å². The lowest BCUT2D eigenvalue weighted by molar-refractivity contribution is -0.140. The van der Waals surface area contributed by atoms with E-state index in [1.54, 1.807) is 0 Å². The molecule has 0 radical (unpaired) electrons. The average Bonchev–Trinajstić information content (AvgIpc) is 2.46. The average molecular weight is 274 g/mol. The van der Waals surface area contributed by atoms with Gasteiger partial charge in [0, 0.05) is 19.6 Å². The van der Waals surface area contributed by atoms with Crippen molar-refractivity contribution in [2.75, 3.05) is 19.6 Å². The Kier molecular flexibility index (Phi) is 5.18. The maximum atomic E-state index is 12.3. The van der Waals surface area contributed by atoms with E-state index in [2.05, 4.69) is 48.3 Å². The Hall–Kier alpha value is -1.35. The smallest absolute Gasteiger partial charge is 0.240 e. The molecule has 3 nitrogen and oxygen atoms in total. The Morgan fingerprint density at radius 1 is 1.35 bits per heavy atom. The van der Waals surface area contributed by atoms with E-state index >= 15 is 0 Å². The van der Waals surface area contributed by atoms with E-state index < -0.39 is 0 Å². The molecule has 1 aromatic carbocycles. The number of rotatable bonds is 7. The molecule has 1 unspecified atom stereocenters. The van der Waals surface area contributed by atoms with Gasteiger partial charge in [-0.3, -0.25) is 9.69 Å². The van der Waals surface area contributed by atoms with Gasteiger partial charge in [0.1, 0.15) is 0 Å². The first-order valence-corrected chi connectivity index (χ1v) is 7.74. The first kappa shape index (κ1) is 15.0. The highest BCUT2D eigenvalue weighted by atomic mass is 16.2. The summed E-state index contributed by atoms with van der Waals surface area (Å²) in [6.07, 6.45) is 4.17. The molecule has 0 bridgehead atoms. The van der Waals surface area contributed by atoms with Crippen LogP contribution < -0.4 is 5.32 Å². The van der Waals surface area contributed by atoms with Gasteiger partial charge in [-0.05, 0) is 31.7 Å². The molecule has 1 saturated heterocycles. The van der Waals surface area contributed by atoms with E-state index in [1.807, 2.05) is 6.07 Å². The fraction of sp³-hybridized carbons (Fsp3) is 0.588. The monoisotopic (exact) mass is 274 g/mol. The zero-order valence-electron chi connectivity index (χ0n) is 12.7. The van der Waals surface area contributed by atoms with E-state index in [0.29, 0.717) is 0 Å². The number of benzene rings is 1. The molecule has 1 fully saturated rings. The molecule has 0 aromatic heterocycles. The van der Waals surface area contributed by atoms with Gasteiger partial charge in [0.05, 0.1) is 5.54 Å². The van der Waals surface area contributed by atoms with Gasteiger partial charge < -0.3 is 5.32 Å². The van der Waals surface area contributed by atoms with Crippen molar-refractivity contribution in [1.29, 1.82) is 0 Å². The van der Waals surface area contributed by atoms with Crippen molar-refractivity contribution in [3.63, 3.8) is 0 Å². The van der Waals surface area contributed by atoms with Crippen LogP contribution in [0, 0.1) is 0 Å². The van der Waals surface area contributed by atoms with Crippen molar-refractivity contribution in [2.45, 2.75) is 45.1 Å². The van der Waals surface area contributed by atoms with Gasteiger partial charge >= 0.3 is 0 Å². The van der Waals surface area contributed by atoms with Crippen LogP contribution in [0.25, 0.3) is 0 Å². The highest BCUT2D eigenvalue weighted by Gasteiger charge is 2.45. The van der Waals surface area contributed by atoms with Crippen LogP contribution in [0.4, 0.5) is 0 Å². The molecule has 1 aliphatic heterocycles. The van der Waals surface area contributed by atoms with E-state index in [1.165, 1.54) is 5.56 Å². The number of nitrogens with one attached hydrogen (secondary N) is 1. The number of carbonyl (C=O) groups excluding carboxylic acids is 1. The molecule has 0 aliphatic carbocycles. The van der Waals surface area contributed by atoms with Crippen LogP contribution >= 0.6 is 0 Å². The third-order valence-corrected chi connectivity index (χ3v) is 4.38. The van der Waals surface area contributed by atoms with Gasteiger partial charge in [-0.1, -0.05) is 43.7 Å². The molecule has 1 aliphatic rings. The van der Waals surface area contributed by atoms with Crippen LogP contribution in [0.1, 0.15) is 38.7 Å². The third kappa shape index (κ3) is 3.40. The number of unbranched alkanes of at least 4 members (excludes halogenated alkanes) is 1. The number of nitrogens with zero attached hydrogens (tertiary/aromatic N) is 1. The minimum absolute atomic E-state index is 0.199. The lowest BCUT2D eigenvalue weighted by atomic mass is 9.85. The molecular weight excluding hydrogens is 248 g/mol. The summed E-state index contributed by atoms with van der Waals surface area (Å²) in [5, 5.41) is 3.07. The lowest BCUT2D eigenvalue weighted by Gasteiger charge is -2.49. The van der Waals surface area contributed by atoms with Gasteiger partial charge in [0.25, 0.3) is 0 Å². The molecule has 0 saturated carbocycles. The van der Waals surface area contributed by atoms with Crippen LogP contribution in [-0.2, 0) is 11.2 Å². The normalized spacial score (nSPS) is 22.3. The number of amides is 1. The topological polar surface area (TPSA) is 32.3 Å². The molecule has 1 heterocycles. The fourth-order valence-corrected chi connectivity index (χ4v) is 2.70. The molecule has 2 rings (SSSR count).